The molecule has 0 unspecified atom stereocenters. The van der Waals surface area contributed by atoms with E-state index in [1.807, 2.05) is 13.8 Å². The van der Waals surface area contributed by atoms with E-state index in [1.165, 1.54) is 30.0 Å². The van der Waals surface area contributed by atoms with Crippen LogP contribution in [0.5, 0.6) is 5.88 Å². The highest BCUT2D eigenvalue weighted by Gasteiger charge is 2.25. The number of sulfonamides is 1. The summed E-state index contributed by atoms with van der Waals surface area (Å²) in [6, 6.07) is 4.37. The molecular weight excluding hydrogens is 427 g/mol. The van der Waals surface area contributed by atoms with Gasteiger partial charge in [0.25, 0.3) is 10.0 Å². The number of aromatic nitrogens is 4. The van der Waals surface area contributed by atoms with Crippen LogP contribution in [0.3, 0.4) is 0 Å². The number of nitrogens with zero attached hydrogens (tertiary/aromatic N) is 4. The summed E-state index contributed by atoms with van der Waals surface area (Å²) in [6.07, 6.45) is 0. The van der Waals surface area contributed by atoms with Gasteiger partial charge < -0.3 is 10.1 Å². The summed E-state index contributed by atoms with van der Waals surface area (Å²) >= 11 is 12.0. The molecule has 9 nitrogen and oxygen atoms in total. The van der Waals surface area contributed by atoms with Gasteiger partial charge in [-0.2, -0.15) is 9.97 Å². The highest BCUT2D eigenvalue weighted by Crippen LogP contribution is 2.34. The number of aryl methyl sites for hydroxylation is 1. The Labute approximate surface area is 172 Å². The van der Waals surface area contributed by atoms with Gasteiger partial charge in [-0.3, -0.25) is 4.72 Å². The van der Waals surface area contributed by atoms with Crippen molar-refractivity contribution in [3.8, 4) is 5.88 Å². The molecule has 0 amide bonds. The zero-order chi connectivity index (χ0) is 20.6. The van der Waals surface area contributed by atoms with Crippen molar-refractivity contribution in [2.24, 2.45) is 7.05 Å². The molecule has 0 atom stereocenters. The lowest BCUT2D eigenvalue weighted by atomic mass is 10.3. The fourth-order valence-corrected chi connectivity index (χ4v) is 4.30. The van der Waals surface area contributed by atoms with Crippen LogP contribution in [0.4, 0.5) is 11.8 Å². The third-order valence-electron chi connectivity index (χ3n) is 3.70. The van der Waals surface area contributed by atoms with E-state index >= 15 is 0 Å². The minimum atomic E-state index is -4.10. The molecule has 2 heterocycles. The molecule has 150 valence electrons. The van der Waals surface area contributed by atoms with Gasteiger partial charge in [0.2, 0.25) is 11.8 Å². The molecule has 2 N–H and O–H groups in total. The van der Waals surface area contributed by atoms with E-state index < -0.39 is 10.0 Å². The van der Waals surface area contributed by atoms with Gasteiger partial charge in [0.1, 0.15) is 10.3 Å². The minimum Gasteiger partial charge on any atom is -0.479 e. The van der Waals surface area contributed by atoms with Crippen LogP contribution in [0.2, 0.25) is 10.0 Å². The maximum atomic E-state index is 13.0. The molecule has 28 heavy (non-hydrogen) atoms. The Morgan fingerprint density at radius 1 is 1.21 bits per heavy atom. The number of anilines is 2. The Morgan fingerprint density at radius 3 is 2.57 bits per heavy atom. The second-order valence-electron chi connectivity index (χ2n) is 6.18. The lowest BCUT2D eigenvalue weighted by molar-refractivity contribution is 0.396. The summed E-state index contributed by atoms with van der Waals surface area (Å²) < 4.78 is 35.1. The van der Waals surface area contributed by atoms with E-state index in [-0.39, 0.29) is 38.6 Å². The number of methoxy groups -OCH3 is 1. The number of halogens is 2. The molecule has 3 aromatic rings. The van der Waals surface area contributed by atoms with E-state index in [4.69, 9.17) is 27.9 Å². The Balaban J connectivity index is 2.19. The van der Waals surface area contributed by atoms with Crippen molar-refractivity contribution in [3.05, 3.63) is 28.2 Å². The number of ether oxygens (including phenoxy) is 1. The number of hydrogen-bond donors (Lipinski definition) is 2. The smallest absolute Gasteiger partial charge is 0.264 e. The summed E-state index contributed by atoms with van der Waals surface area (Å²) in [5, 5.41) is 7.62. The van der Waals surface area contributed by atoms with Crippen molar-refractivity contribution < 1.29 is 13.2 Å². The van der Waals surface area contributed by atoms with Crippen LogP contribution in [-0.2, 0) is 17.1 Å². The highest BCUT2D eigenvalue weighted by molar-refractivity contribution is 7.92. The fraction of sp³-hybridized carbons (Fsp3) is 0.312. The van der Waals surface area contributed by atoms with Crippen molar-refractivity contribution in [2.75, 3.05) is 17.1 Å². The molecule has 0 aliphatic heterocycles. The van der Waals surface area contributed by atoms with Crippen LogP contribution >= 0.6 is 23.2 Å². The minimum absolute atomic E-state index is 0.00846. The molecule has 3 rings (SSSR count). The number of fused-ring (bicyclic) bond motifs is 1. The lowest BCUT2D eigenvalue weighted by Crippen LogP contribution is -2.18. The highest BCUT2D eigenvalue weighted by atomic mass is 35.5. The van der Waals surface area contributed by atoms with Crippen molar-refractivity contribution >= 4 is 56.0 Å². The first-order valence-electron chi connectivity index (χ1n) is 8.16. The molecule has 0 bridgehead atoms. The Kier molecular flexibility index (Phi) is 5.55. The van der Waals surface area contributed by atoms with Crippen molar-refractivity contribution in [3.63, 3.8) is 0 Å². The average Bonchev–Trinajstić information content (AvgIpc) is 2.92. The fourth-order valence-electron chi connectivity index (χ4n) is 2.53. The van der Waals surface area contributed by atoms with Gasteiger partial charge in [-0.05, 0) is 26.0 Å². The number of nitrogens with one attached hydrogen (secondary N) is 2. The summed E-state index contributed by atoms with van der Waals surface area (Å²) in [7, 11) is -1.00. The first kappa shape index (κ1) is 20.4. The molecule has 0 spiro atoms. The maximum Gasteiger partial charge on any atom is 0.264 e. The first-order chi connectivity index (χ1) is 13.1. The quantitative estimate of drug-likeness (QED) is 0.599. The first-order valence-corrected chi connectivity index (χ1v) is 10.4. The summed E-state index contributed by atoms with van der Waals surface area (Å²) in [4.78, 5) is 8.53. The maximum absolute atomic E-state index is 13.0. The van der Waals surface area contributed by atoms with E-state index in [0.29, 0.717) is 11.0 Å². The van der Waals surface area contributed by atoms with Gasteiger partial charge in [-0.1, -0.05) is 29.3 Å². The van der Waals surface area contributed by atoms with E-state index in [2.05, 4.69) is 25.1 Å². The molecule has 1 aromatic carbocycles. The van der Waals surface area contributed by atoms with Gasteiger partial charge in [-0.15, -0.1) is 5.10 Å². The zero-order valence-corrected chi connectivity index (χ0v) is 17.8. The van der Waals surface area contributed by atoms with E-state index in [1.54, 1.807) is 7.05 Å². The SMILES string of the molecule is COc1nn(C)c2nc(NC(C)C)nc(NS(=O)(=O)c3cccc(Cl)c3Cl)c12. The van der Waals surface area contributed by atoms with E-state index in [0.717, 1.165) is 0 Å². The van der Waals surface area contributed by atoms with Crippen LogP contribution in [0, 0.1) is 0 Å². The van der Waals surface area contributed by atoms with Gasteiger partial charge in [0.05, 0.1) is 17.2 Å². The largest absolute Gasteiger partial charge is 0.479 e. The summed E-state index contributed by atoms with van der Waals surface area (Å²) in [6.45, 7) is 3.82. The van der Waals surface area contributed by atoms with Crippen LogP contribution < -0.4 is 14.8 Å². The normalized spacial score (nSPS) is 11.8. The summed E-state index contributed by atoms with van der Waals surface area (Å²) in [5.74, 6) is 0.431. The molecule has 0 aliphatic carbocycles. The zero-order valence-electron chi connectivity index (χ0n) is 15.5. The average molecular weight is 445 g/mol. The van der Waals surface area contributed by atoms with Gasteiger partial charge in [0.15, 0.2) is 11.5 Å². The van der Waals surface area contributed by atoms with E-state index in [9.17, 15) is 8.42 Å². The van der Waals surface area contributed by atoms with Crippen molar-refractivity contribution in [2.45, 2.75) is 24.8 Å². The number of benzene rings is 1. The molecule has 0 saturated heterocycles. The molecule has 0 aliphatic rings. The second-order valence-corrected chi connectivity index (χ2v) is 8.62. The third-order valence-corrected chi connectivity index (χ3v) is 6.01. The predicted molar refractivity (Wildman–Crippen MR) is 109 cm³/mol. The molecule has 0 radical (unpaired) electrons. The number of rotatable bonds is 6. The van der Waals surface area contributed by atoms with Crippen molar-refractivity contribution in [1.82, 2.24) is 19.7 Å². The van der Waals surface area contributed by atoms with Gasteiger partial charge in [-0.25, -0.2) is 13.1 Å². The van der Waals surface area contributed by atoms with Crippen LogP contribution in [0.1, 0.15) is 13.8 Å². The molecule has 2 aromatic heterocycles. The molecular formula is C16H18Cl2N6O3S. The Morgan fingerprint density at radius 2 is 1.93 bits per heavy atom. The lowest BCUT2D eigenvalue weighted by Gasteiger charge is -2.13. The monoisotopic (exact) mass is 444 g/mol. The van der Waals surface area contributed by atoms with Gasteiger partial charge in [0, 0.05) is 13.1 Å². The summed E-state index contributed by atoms with van der Waals surface area (Å²) in [5.41, 5.74) is 0.393. The number of hydrogen-bond acceptors (Lipinski definition) is 7. The topological polar surface area (TPSA) is 111 Å². The van der Waals surface area contributed by atoms with Crippen LogP contribution in [0.15, 0.2) is 23.1 Å². The predicted octanol–water partition coefficient (Wildman–Crippen LogP) is 3.30. The van der Waals surface area contributed by atoms with Crippen molar-refractivity contribution in [1.29, 1.82) is 0 Å². The third kappa shape index (κ3) is 3.80. The van der Waals surface area contributed by atoms with Crippen LogP contribution in [-0.4, -0.2) is 41.3 Å². The van der Waals surface area contributed by atoms with Gasteiger partial charge >= 0.3 is 0 Å². The van der Waals surface area contributed by atoms with Crippen LogP contribution in [0.25, 0.3) is 11.0 Å². The molecule has 0 saturated carbocycles. The Hall–Kier alpha value is -2.30. The second kappa shape index (κ2) is 7.61. The molecule has 12 heteroatoms. The standard InChI is InChI=1S/C16H18Cl2N6O3S/c1-8(2)19-16-20-13(11-14(21-16)24(3)22-15(11)27-4)23-28(25,26)10-7-5-6-9(17)12(10)18/h5-8H,1-4H3,(H2,19,20,21,23). The Bertz CT molecular complexity index is 1150. The molecule has 0 fully saturated rings.